The zero-order chi connectivity index (χ0) is 13.8. The Morgan fingerprint density at radius 3 is 2.84 bits per heavy atom. The number of hydrogen-bond acceptors (Lipinski definition) is 6. The molecule has 2 aromatic heterocycles. The molecule has 0 aromatic carbocycles. The van der Waals surface area contributed by atoms with E-state index >= 15 is 0 Å². The number of hydrogen-bond donors (Lipinski definition) is 2. The monoisotopic (exact) mass is 276 g/mol. The topological polar surface area (TPSA) is 102 Å². The van der Waals surface area contributed by atoms with Crippen LogP contribution in [-0.2, 0) is 0 Å². The summed E-state index contributed by atoms with van der Waals surface area (Å²) in [7, 11) is 0. The maximum Gasteiger partial charge on any atom is 0.253 e. The van der Waals surface area contributed by atoms with Crippen molar-refractivity contribution in [2.24, 2.45) is 0 Å². The number of Topliss-reactive ketones (excluding diaryl/α,β-unsaturated/α-hetero) is 1. The number of aromatic amines is 1. The molecule has 0 atom stereocenters. The molecule has 0 spiro atoms. The molecule has 6 nitrogen and oxygen atoms in total. The van der Waals surface area contributed by atoms with Gasteiger partial charge in [-0.3, -0.25) is 14.6 Å². The van der Waals surface area contributed by atoms with Crippen molar-refractivity contribution in [1.29, 1.82) is 0 Å². The molecule has 98 valence electrons. The maximum absolute atomic E-state index is 11.4. The van der Waals surface area contributed by atoms with Gasteiger partial charge in [0.1, 0.15) is 11.5 Å². The predicted molar refractivity (Wildman–Crippen MR) is 72.3 cm³/mol. The van der Waals surface area contributed by atoms with Gasteiger partial charge in [-0.1, -0.05) is 18.7 Å². The van der Waals surface area contributed by atoms with Gasteiger partial charge < -0.3 is 10.7 Å². The van der Waals surface area contributed by atoms with Gasteiger partial charge in [-0.2, -0.15) is 0 Å². The lowest BCUT2D eigenvalue weighted by Gasteiger charge is -2.02. The van der Waals surface area contributed by atoms with Gasteiger partial charge >= 0.3 is 0 Å². The molecule has 0 radical (unpaired) electrons. The van der Waals surface area contributed by atoms with Crippen LogP contribution in [0.2, 0.25) is 0 Å². The molecule has 0 saturated heterocycles. The lowest BCUT2D eigenvalue weighted by molar-refractivity contribution is 0.0983. The van der Waals surface area contributed by atoms with Crippen molar-refractivity contribution in [2.45, 2.75) is 23.4 Å². The van der Waals surface area contributed by atoms with Gasteiger partial charge in [0.2, 0.25) is 0 Å². The SMILES string of the molecule is CCC(=O)c1ccc(Sc2nc(N)cc(=O)[nH]2)cn1. The van der Waals surface area contributed by atoms with Crippen LogP contribution in [0.15, 0.2) is 39.2 Å². The summed E-state index contributed by atoms with van der Waals surface area (Å²) >= 11 is 1.22. The second kappa shape index (κ2) is 5.66. The van der Waals surface area contributed by atoms with Crippen molar-refractivity contribution in [1.82, 2.24) is 15.0 Å². The number of pyridine rings is 1. The van der Waals surface area contributed by atoms with E-state index in [0.717, 1.165) is 4.90 Å². The zero-order valence-electron chi connectivity index (χ0n) is 10.2. The van der Waals surface area contributed by atoms with Gasteiger partial charge in [-0.15, -0.1) is 0 Å². The first-order chi connectivity index (χ1) is 9.08. The van der Waals surface area contributed by atoms with Crippen molar-refractivity contribution in [3.63, 3.8) is 0 Å². The lowest BCUT2D eigenvalue weighted by Crippen LogP contribution is -2.09. The van der Waals surface area contributed by atoms with Gasteiger partial charge in [0.25, 0.3) is 5.56 Å². The third-order valence-electron chi connectivity index (χ3n) is 2.30. The molecule has 2 rings (SSSR count). The fourth-order valence-electron chi connectivity index (χ4n) is 1.40. The first-order valence-electron chi connectivity index (χ1n) is 5.62. The molecular formula is C12H12N4O2S. The number of anilines is 1. The van der Waals surface area contributed by atoms with E-state index in [1.807, 2.05) is 0 Å². The molecule has 0 aliphatic heterocycles. The predicted octanol–water partition coefficient (Wildman–Crippen LogP) is 1.49. The van der Waals surface area contributed by atoms with Crippen LogP contribution in [0.1, 0.15) is 23.8 Å². The number of nitrogens with zero attached hydrogens (tertiary/aromatic N) is 2. The molecule has 2 aromatic rings. The highest BCUT2D eigenvalue weighted by Gasteiger charge is 2.06. The molecule has 0 unspecified atom stereocenters. The fourth-order valence-corrected chi connectivity index (χ4v) is 2.17. The highest BCUT2D eigenvalue weighted by atomic mass is 32.2. The number of ketones is 1. The Bertz CT molecular complexity index is 652. The molecule has 0 fully saturated rings. The quantitative estimate of drug-likeness (QED) is 0.648. The van der Waals surface area contributed by atoms with E-state index in [1.165, 1.54) is 17.8 Å². The van der Waals surface area contributed by atoms with Crippen LogP contribution in [-0.4, -0.2) is 20.7 Å². The van der Waals surface area contributed by atoms with Gasteiger partial charge in [0.15, 0.2) is 10.9 Å². The molecule has 0 bridgehead atoms. The zero-order valence-corrected chi connectivity index (χ0v) is 11.0. The van der Waals surface area contributed by atoms with Crippen molar-refractivity contribution in [2.75, 3.05) is 5.73 Å². The Balaban J connectivity index is 2.19. The van der Waals surface area contributed by atoms with E-state index < -0.39 is 0 Å². The van der Waals surface area contributed by atoms with Crippen LogP contribution in [0.4, 0.5) is 5.82 Å². The molecular weight excluding hydrogens is 264 g/mol. The number of carbonyl (C=O) groups is 1. The van der Waals surface area contributed by atoms with Crippen molar-refractivity contribution < 1.29 is 4.79 Å². The van der Waals surface area contributed by atoms with Crippen LogP contribution < -0.4 is 11.3 Å². The maximum atomic E-state index is 11.4. The molecule has 0 saturated carbocycles. The number of H-pyrrole nitrogens is 1. The second-order valence-corrected chi connectivity index (χ2v) is 4.80. The average molecular weight is 276 g/mol. The summed E-state index contributed by atoms with van der Waals surface area (Å²) < 4.78 is 0. The minimum Gasteiger partial charge on any atom is -0.383 e. The number of carbonyl (C=O) groups excluding carboxylic acids is 1. The standard InChI is InChI=1S/C12H12N4O2S/c1-2-9(17)8-4-3-7(6-14-8)19-12-15-10(13)5-11(18)16-12/h3-6H,2H2,1H3,(H3,13,15,16,18). The normalized spacial score (nSPS) is 10.4. The largest absolute Gasteiger partial charge is 0.383 e. The minimum absolute atomic E-state index is 0.00737. The van der Waals surface area contributed by atoms with Crippen LogP contribution in [0.5, 0.6) is 0 Å². The van der Waals surface area contributed by atoms with Crippen LogP contribution in [0, 0.1) is 0 Å². The van der Waals surface area contributed by atoms with Crippen LogP contribution in [0.3, 0.4) is 0 Å². The first kappa shape index (κ1) is 13.3. The third-order valence-corrected chi connectivity index (χ3v) is 3.16. The number of nitrogen functional groups attached to an aromatic ring is 1. The van der Waals surface area contributed by atoms with E-state index in [9.17, 15) is 9.59 Å². The van der Waals surface area contributed by atoms with Crippen molar-refractivity contribution in [3.05, 3.63) is 40.4 Å². The van der Waals surface area contributed by atoms with E-state index in [4.69, 9.17) is 5.73 Å². The summed E-state index contributed by atoms with van der Waals surface area (Å²) in [6.07, 6.45) is 1.99. The van der Waals surface area contributed by atoms with Crippen molar-refractivity contribution >= 4 is 23.4 Å². The van der Waals surface area contributed by atoms with Crippen molar-refractivity contribution in [3.8, 4) is 0 Å². The van der Waals surface area contributed by atoms with E-state index in [2.05, 4.69) is 15.0 Å². The summed E-state index contributed by atoms with van der Waals surface area (Å²) in [6, 6.07) is 4.62. The summed E-state index contributed by atoms with van der Waals surface area (Å²) in [5.41, 5.74) is 5.62. The number of nitrogens with one attached hydrogen (secondary N) is 1. The summed E-state index contributed by atoms with van der Waals surface area (Å²) in [6.45, 7) is 1.79. The number of rotatable bonds is 4. The lowest BCUT2D eigenvalue weighted by atomic mass is 10.2. The number of nitrogens with two attached hydrogens (primary N) is 1. The molecule has 19 heavy (non-hydrogen) atoms. The highest BCUT2D eigenvalue weighted by molar-refractivity contribution is 7.99. The second-order valence-electron chi connectivity index (χ2n) is 3.73. The smallest absolute Gasteiger partial charge is 0.253 e. The summed E-state index contributed by atoms with van der Waals surface area (Å²) in [4.78, 5) is 34.1. The Hall–Kier alpha value is -2.15. The Labute approximate surface area is 113 Å². The first-order valence-corrected chi connectivity index (χ1v) is 6.44. The molecule has 2 heterocycles. The Kier molecular flexibility index (Phi) is 3.96. The Morgan fingerprint density at radius 1 is 1.47 bits per heavy atom. The minimum atomic E-state index is -0.305. The van der Waals surface area contributed by atoms with E-state index in [1.54, 1.807) is 25.3 Å². The van der Waals surface area contributed by atoms with Gasteiger partial charge in [-0.25, -0.2) is 4.98 Å². The fraction of sp³-hybridized carbons (Fsp3) is 0.167. The average Bonchev–Trinajstić information content (AvgIpc) is 2.37. The molecule has 0 aliphatic carbocycles. The van der Waals surface area contributed by atoms with E-state index in [0.29, 0.717) is 17.3 Å². The highest BCUT2D eigenvalue weighted by Crippen LogP contribution is 2.23. The molecule has 0 aliphatic rings. The third kappa shape index (κ3) is 3.41. The van der Waals surface area contributed by atoms with Crippen LogP contribution in [0.25, 0.3) is 0 Å². The summed E-state index contributed by atoms with van der Waals surface area (Å²) in [5, 5.41) is 0.390. The van der Waals surface area contributed by atoms with Gasteiger partial charge in [-0.05, 0) is 12.1 Å². The van der Waals surface area contributed by atoms with Gasteiger partial charge in [0.05, 0.1) is 0 Å². The summed E-state index contributed by atoms with van der Waals surface area (Å²) in [5.74, 6) is 0.157. The van der Waals surface area contributed by atoms with E-state index in [-0.39, 0.29) is 17.2 Å². The van der Waals surface area contributed by atoms with Gasteiger partial charge in [0, 0.05) is 23.6 Å². The molecule has 7 heteroatoms. The van der Waals surface area contributed by atoms with Crippen LogP contribution >= 0.6 is 11.8 Å². The molecule has 3 N–H and O–H groups in total. The Morgan fingerprint density at radius 2 is 2.26 bits per heavy atom. The molecule has 0 amide bonds. The number of aromatic nitrogens is 3.